The Labute approximate surface area is 210 Å². The third kappa shape index (κ3) is 4.48. The molecule has 0 saturated carbocycles. The van der Waals surface area contributed by atoms with Crippen LogP contribution in [0.2, 0.25) is 0 Å². The van der Waals surface area contributed by atoms with Gasteiger partial charge < -0.3 is 15.0 Å². The zero-order chi connectivity index (χ0) is 25.6. The summed E-state index contributed by atoms with van der Waals surface area (Å²) >= 11 is 0. The van der Waals surface area contributed by atoms with Crippen LogP contribution in [0, 0.1) is 26.7 Å². The van der Waals surface area contributed by atoms with E-state index in [4.69, 9.17) is 4.74 Å². The lowest BCUT2D eigenvalue weighted by atomic mass is 9.89. The second kappa shape index (κ2) is 8.89. The van der Waals surface area contributed by atoms with Crippen LogP contribution in [0.3, 0.4) is 0 Å². The van der Waals surface area contributed by atoms with Gasteiger partial charge >= 0.3 is 0 Å². The highest BCUT2D eigenvalue weighted by molar-refractivity contribution is 5.80. The number of hydrogen-bond donors (Lipinski definition) is 1. The summed E-state index contributed by atoms with van der Waals surface area (Å²) in [6.07, 6.45) is 4.19. The summed E-state index contributed by atoms with van der Waals surface area (Å²) in [6, 6.07) is 9.99. The number of rotatable bonds is 6. The Bertz CT molecular complexity index is 1440. The Morgan fingerprint density at radius 3 is 2.61 bits per heavy atom. The number of hydrogen-bond acceptors (Lipinski definition) is 7. The quantitative estimate of drug-likeness (QED) is 0.430. The molecule has 36 heavy (non-hydrogen) atoms. The van der Waals surface area contributed by atoms with E-state index in [9.17, 15) is 4.79 Å². The second-order valence-corrected chi connectivity index (χ2v) is 10.0. The number of likely N-dealkylation sites (tertiary alicyclic amines) is 1. The van der Waals surface area contributed by atoms with Gasteiger partial charge in [-0.05, 0) is 58.4 Å². The smallest absolute Gasteiger partial charge is 0.223 e. The van der Waals surface area contributed by atoms with E-state index in [1.165, 1.54) is 0 Å². The van der Waals surface area contributed by atoms with Crippen LogP contribution in [0.1, 0.15) is 37.5 Å². The number of nitrogens with zero attached hydrogens (tertiary/aromatic N) is 6. The third-order valence-corrected chi connectivity index (χ3v) is 7.10. The minimum atomic E-state index is -0.254. The van der Waals surface area contributed by atoms with Gasteiger partial charge in [0, 0.05) is 60.2 Å². The van der Waals surface area contributed by atoms with Gasteiger partial charge in [0.05, 0.1) is 18.3 Å². The molecule has 1 fully saturated rings. The number of aryl methyl sites for hydroxylation is 3. The van der Waals surface area contributed by atoms with Crippen molar-refractivity contribution in [1.29, 1.82) is 0 Å². The SMILES string of the molecule is Cc1cc(-c2ccn3nc(Nc4cc(C)nc(C)n4)cc3c2)c(OC[C@@H]2CC(=O)N(C)C2(C)C)cn1. The normalized spacial score (nSPS) is 17.1. The summed E-state index contributed by atoms with van der Waals surface area (Å²) in [5.74, 6) is 3.07. The summed E-state index contributed by atoms with van der Waals surface area (Å²) < 4.78 is 8.11. The topological polar surface area (TPSA) is 97.5 Å². The van der Waals surface area contributed by atoms with Gasteiger partial charge in [-0.15, -0.1) is 0 Å². The first-order chi connectivity index (χ1) is 17.1. The number of fused-ring (bicyclic) bond motifs is 1. The first-order valence-electron chi connectivity index (χ1n) is 12.1. The highest BCUT2D eigenvalue weighted by Gasteiger charge is 2.44. The summed E-state index contributed by atoms with van der Waals surface area (Å²) in [5, 5.41) is 7.90. The van der Waals surface area contributed by atoms with Crippen LogP contribution >= 0.6 is 0 Å². The van der Waals surface area contributed by atoms with Gasteiger partial charge in [0.1, 0.15) is 17.4 Å². The van der Waals surface area contributed by atoms with E-state index in [1.54, 1.807) is 6.20 Å². The fourth-order valence-corrected chi connectivity index (χ4v) is 4.67. The van der Waals surface area contributed by atoms with E-state index in [1.807, 2.05) is 67.7 Å². The number of carbonyl (C=O) groups excluding carboxylic acids is 1. The van der Waals surface area contributed by atoms with Crippen LogP contribution in [0.5, 0.6) is 5.75 Å². The molecule has 1 amide bonds. The zero-order valence-electron chi connectivity index (χ0n) is 21.5. The molecule has 5 heterocycles. The van der Waals surface area contributed by atoms with Crippen LogP contribution in [-0.2, 0) is 4.79 Å². The first kappa shape index (κ1) is 23.7. The van der Waals surface area contributed by atoms with E-state index in [0.29, 0.717) is 36.2 Å². The molecule has 0 spiro atoms. The van der Waals surface area contributed by atoms with Crippen LogP contribution in [0.25, 0.3) is 16.6 Å². The van der Waals surface area contributed by atoms with E-state index in [2.05, 4.69) is 45.3 Å². The number of ether oxygens (including phenoxy) is 1. The molecule has 4 aromatic heterocycles. The summed E-state index contributed by atoms with van der Waals surface area (Å²) in [6.45, 7) is 10.4. The van der Waals surface area contributed by atoms with Gasteiger partial charge in [-0.3, -0.25) is 9.78 Å². The molecule has 1 aliphatic rings. The molecule has 0 unspecified atom stereocenters. The van der Waals surface area contributed by atoms with E-state index < -0.39 is 0 Å². The Balaban J connectivity index is 1.41. The predicted molar refractivity (Wildman–Crippen MR) is 138 cm³/mol. The standard InChI is InChI=1S/C27H31N7O2/c1-16-9-22(23(14-28-16)36-15-20-12-26(35)33(6)27(20,4)5)19-7-8-34-21(11-19)13-25(32-34)31-24-10-17(2)29-18(3)30-24/h7-11,13-14,20H,12,15H2,1-6H3,(H,29,30,31,32)/t20-/m0/s1. The monoisotopic (exact) mass is 485 g/mol. The molecule has 0 bridgehead atoms. The number of pyridine rings is 2. The number of amides is 1. The summed E-state index contributed by atoms with van der Waals surface area (Å²) in [7, 11) is 1.86. The molecule has 4 aromatic rings. The lowest BCUT2D eigenvalue weighted by molar-refractivity contribution is -0.128. The zero-order valence-corrected chi connectivity index (χ0v) is 21.5. The van der Waals surface area contributed by atoms with Crippen molar-refractivity contribution in [2.24, 2.45) is 5.92 Å². The molecule has 0 aliphatic carbocycles. The van der Waals surface area contributed by atoms with Crippen molar-refractivity contribution in [2.45, 2.75) is 46.6 Å². The molecular formula is C27H31N7O2. The second-order valence-electron chi connectivity index (χ2n) is 10.0. The molecule has 9 heteroatoms. The fraction of sp³-hybridized carbons (Fsp3) is 0.370. The molecule has 5 rings (SSSR count). The van der Waals surface area contributed by atoms with Crippen LogP contribution in [-0.4, -0.2) is 54.6 Å². The molecule has 0 radical (unpaired) electrons. The van der Waals surface area contributed by atoms with Crippen LogP contribution in [0.4, 0.5) is 11.6 Å². The Hall–Kier alpha value is -4.01. The minimum absolute atomic E-state index is 0.101. The Morgan fingerprint density at radius 2 is 1.89 bits per heavy atom. The van der Waals surface area contributed by atoms with Crippen molar-refractivity contribution >= 4 is 23.1 Å². The van der Waals surface area contributed by atoms with Crippen LogP contribution in [0.15, 0.2) is 42.7 Å². The van der Waals surface area contributed by atoms with Gasteiger partial charge in [0.25, 0.3) is 0 Å². The first-order valence-corrected chi connectivity index (χ1v) is 12.1. The van der Waals surface area contributed by atoms with E-state index in [0.717, 1.165) is 28.0 Å². The number of anilines is 2. The van der Waals surface area contributed by atoms with Crippen molar-refractivity contribution in [3.63, 3.8) is 0 Å². The molecule has 186 valence electrons. The average Bonchev–Trinajstić information content (AvgIpc) is 3.29. The van der Waals surface area contributed by atoms with Gasteiger partial charge in [-0.2, -0.15) is 5.10 Å². The minimum Gasteiger partial charge on any atom is -0.491 e. The maximum atomic E-state index is 12.3. The molecule has 1 saturated heterocycles. The third-order valence-electron chi connectivity index (χ3n) is 7.10. The predicted octanol–water partition coefficient (Wildman–Crippen LogP) is 4.49. The van der Waals surface area contributed by atoms with Crippen LogP contribution < -0.4 is 10.1 Å². The molecule has 1 aliphatic heterocycles. The average molecular weight is 486 g/mol. The molecule has 0 aromatic carbocycles. The molecule has 9 nitrogen and oxygen atoms in total. The molecule has 1 atom stereocenters. The Morgan fingerprint density at radius 1 is 1.08 bits per heavy atom. The lowest BCUT2D eigenvalue weighted by Crippen LogP contribution is -2.42. The Kier molecular flexibility index (Phi) is 5.86. The van der Waals surface area contributed by atoms with Gasteiger partial charge in [-0.1, -0.05) is 0 Å². The highest BCUT2D eigenvalue weighted by atomic mass is 16.5. The summed E-state index contributed by atoms with van der Waals surface area (Å²) in [5.41, 5.74) is 4.44. The van der Waals surface area contributed by atoms with Gasteiger partial charge in [-0.25, -0.2) is 14.5 Å². The van der Waals surface area contributed by atoms with Crippen molar-refractivity contribution in [3.05, 3.63) is 59.9 Å². The highest BCUT2D eigenvalue weighted by Crippen LogP contribution is 2.36. The number of aromatic nitrogens is 5. The number of carbonyl (C=O) groups is 1. The maximum Gasteiger partial charge on any atom is 0.223 e. The van der Waals surface area contributed by atoms with E-state index >= 15 is 0 Å². The van der Waals surface area contributed by atoms with Crippen molar-refractivity contribution in [1.82, 2.24) is 29.5 Å². The maximum absolute atomic E-state index is 12.3. The molecule has 1 N–H and O–H groups in total. The van der Waals surface area contributed by atoms with Gasteiger partial charge in [0.2, 0.25) is 5.91 Å². The van der Waals surface area contributed by atoms with Gasteiger partial charge in [0.15, 0.2) is 5.82 Å². The summed E-state index contributed by atoms with van der Waals surface area (Å²) in [4.78, 5) is 27.3. The lowest BCUT2D eigenvalue weighted by Gasteiger charge is -2.33. The van der Waals surface area contributed by atoms with Crippen molar-refractivity contribution in [2.75, 3.05) is 19.0 Å². The molecular weight excluding hydrogens is 454 g/mol. The van der Waals surface area contributed by atoms with Crippen molar-refractivity contribution in [3.8, 4) is 16.9 Å². The fourth-order valence-electron chi connectivity index (χ4n) is 4.67. The largest absolute Gasteiger partial charge is 0.491 e. The van der Waals surface area contributed by atoms with Crippen molar-refractivity contribution < 1.29 is 9.53 Å². The number of nitrogens with one attached hydrogen (secondary N) is 1. The van der Waals surface area contributed by atoms with E-state index in [-0.39, 0.29) is 17.4 Å².